The van der Waals surface area contributed by atoms with Gasteiger partial charge < -0.3 is 9.26 Å². The van der Waals surface area contributed by atoms with Gasteiger partial charge in [-0.25, -0.2) is 8.42 Å². The molecule has 1 saturated heterocycles. The SMILES string of the molecule is Cc1cc(C)c(S(=O)(=O)N2CCC(C(=O)OCc3cc(-c4ccccc4)no3)CC2)c(C)c1. The summed E-state index contributed by atoms with van der Waals surface area (Å²) in [5.74, 6) is -0.215. The van der Waals surface area contributed by atoms with E-state index in [-0.39, 0.29) is 31.6 Å². The molecule has 2 aromatic carbocycles. The van der Waals surface area contributed by atoms with E-state index in [4.69, 9.17) is 9.26 Å². The summed E-state index contributed by atoms with van der Waals surface area (Å²) in [4.78, 5) is 12.9. The van der Waals surface area contributed by atoms with Crippen LogP contribution in [0.4, 0.5) is 0 Å². The van der Waals surface area contributed by atoms with Gasteiger partial charge in [0.15, 0.2) is 12.4 Å². The fourth-order valence-electron chi connectivity index (χ4n) is 4.42. The van der Waals surface area contributed by atoms with Gasteiger partial charge in [-0.05, 0) is 44.7 Å². The van der Waals surface area contributed by atoms with Crippen molar-refractivity contribution in [1.29, 1.82) is 0 Å². The number of piperidine rings is 1. The first-order valence-electron chi connectivity index (χ1n) is 11.0. The van der Waals surface area contributed by atoms with Crippen molar-refractivity contribution < 1.29 is 22.5 Å². The number of carbonyl (C=O) groups excluding carboxylic acids is 1. The topological polar surface area (TPSA) is 89.7 Å². The monoisotopic (exact) mass is 468 g/mol. The third kappa shape index (κ3) is 5.02. The lowest BCUT2D eigenvalue weighted by atomic mass is 9.98. The Kier molecular flexibility index (Phi) is 6.67. The molecular formula is C25H28N2O5S. The zero-order valence-corrected chi connectivity index (χ0v) is 19.9. The summed E-state index contributed by atoms with van der Waals surface area (Å²) < 4.78 is 38.7. The lowest BCUT2D eigenvalue weighted by molar-refractivity contribution is -0.151. The molecular weight excluding hydrogens is 440 g/mol. The molecule has 0 bridgehead atoms. The molecule has 0 spiro atoms. The number of hydrogen-bond donors (Lipinski definition) is 0. The maximum atomic E-state index is 13.2. The van der Waals surface area contributed by atoms with Crippen LogP contribution < -0.4 is 0 Å². The van der Waals surface area contributed by atoms with Crippen molar-refractivity contribution in [3.05, 3.63) is 71.0 Å². The van der Waals surface area contributed by atoms with Crippen molar-refractivity contribution in [3.8, 4) is 11.3 Å². The molecule has 33 heavy (non-hydrogen) atoms. The van der Waals surface area contributed by atoms with E-state index in [0.717, 1.165) is 22.3 Å². The molecule has 0 unspecified atom stereocenters. The van der Waals surface area contributed by atoms with Crippen molar-refractivity contribution >= 4 is 16.0 Å². The van der Waals surface area contributed by atoms with Crippen LogP contribution in [0.1, 0.15) is 35.3 Å². The minimum Gasteiger partial charge on any atom is -0.457 e. The fourth-order valence-corrected chi connectivity index (χ4v) is 6.30. The van der Waals surface area contributed by atoms with Gasteiger partial charge in [0.25, 0.3) is 0 Å². The second-order valence-corrected chi connectivity index (χ2v) is 10.4. The first-order valence-corrected chi connectivity index (χ1v) is 12.5. The predicted octanol–water partition coefficient (Wildman–Crippen LogP) is 4.41. The first kappa shape index (κ1) is 23.2. The molecule has 0 radical (unpaired) electrons. The zero-order valence-electron chi connectivity index (χ0n) is 19.1. The van der Waals surface area contributed by atoms with Gasteiger partial charge in [0.2, 0.25) is 10.0 Å². The number of sulfonamides is 1. The van der Waals surface area contributed by atoms with Crippen molar-refractivity contribution in [2.24, 2.45) is 5.92 Å². The molecule has 174 valence electrons. The van der Waals surface area contributed by atoms with Crippen LogP contribution in [0.15, 0.2) is 57.9 Å². The van der Waals surface area contributed by atoms with E-state index in [1.165, 1.54) is 4.31 Å². The molecule has 7 nitrogen and oxygen atoms in total. The van der Waals surface area contributed by atoms with E-state index in [2.05, 4.69) is 5.16 Å². The molecule has 0 amide bonds. The Bertz CT molecular complexity index is 1220. The molecule has 1 aliphatic rings. The highest BCUT2D eigenvalue weighted by Crippen LogP contribution is 2.29. The Hall–Kier alpha value is -2.97. The van der Waals surface area contributed by atoms with Gasteiger partial charge in [0.1, 0.15) is 5.69 Å². The van der Waals surface area contributed by atoms with Gasteiger partial charge in [-0.3, -0.25) is 4.79 Å². The average molecular weight is 469 g/mol. The standard InChI is InChI=1S/C25H28N2O5S/c1-17-13-18(2)24(19(3)14-17)33(29,30)27-11-9-21(10-12-27)25(28)31-16-22-15-23(26-32-22)20-7-5-4-6-8-20/h4-8,13-15,21H,9-12,16H2,1-3H3. The van der Waals surface area contributed by atoms with Crippen LogP contribution in [-0.4, -0.2) is 36.9 Å². The van der Waals surface area contributed by atoms with E-state index in [1.807, 2.05) is 63.2 Å². The van der Waals surface area contributed by atoms with Crippen molar-refractivity contribution in [2.75, 3.05) is 13.1 Å². The summed E-state index contributed by atoms with van der Waals surface area (Å²) in [6.07, 6.45) is 0.849. The summed E-state index contributed by atoms with van der Waals surface area (Å²) in [5.41, 5.74) is 4.13. The van der Waals surface area contributed by atoms with Gasteiger partial charge in [0.05, 0.1) is 10.8 Å². The number of nitrogens with zero attached hydrogens (tertiary/aromatic N) is 2. The van der Waals surface area contributed by atoms with Crippen molar-refractivity contribution in [3.63, 3.8) is 0 Å². The second-order valence-electron chi connectivity index (χ2n) is 8.56. The highest BCUT2D eigenvalue weighted by atomic mass is 32.2. The van der Waals surface area contributed by atoms with Crippen LogP contribution in [0.5, 0.6) is 0 Å². The smallest absolute Gasteiger partial charge is 0.309 e. The Morgan fingerprint density at radius 1 is 1.06 bits per heavy atom. The average Bonchev–Trinajstić information content (AvgIpc) is 3.26. The summed E-state index contributed by atoms with van der Waals surface area (Å²) in [5, 5.41) is 4.02. The van der Waals surface area contributed by atoms with Crippen LogP contribution in [0.25, 0.3) is 11.3 Å². The Morgan fingerprint density at radius 3 is 2.33 bits per heavy atom. The van der Waals surface area contributed by atoms with Crippen molar-refractivity contribution in [1.82, 2.24) is 9.46 Å². The van der Waals surface area contributed by atoms with E-state index in [0.29, 0.717) is 29.2 Å². The summed E-state index contributed by atoms with van der Waals surface area (Å²) in [6.45, 7) is 6.17. The summed E-state index contributed by atoms with van der Waals surface area (Å²) >= 11 is 0. The van der Waals surface area contributed by atoms with Gasteiger partial charge in [-0.15, -0.1) is 0 Å². The van der Waals surface area contributed by atoms with E-state index in [9.17, 15) is 13.2 Å². The Labute approximate surface area is 194 Å². The molecule has 0 atom stereocenters. The number of carbonyl (C=O) groups is 1. The second kappa shape index (κ2) is 9.49. The first-order chi connectivity index (χ1) is 15.8. The number of rotatable bonds is 6. The molecule has 1 fully saturated rings. The predicted molar refractivity (Wildman–Crippen MR) is 124 cm³/mol. The van der Waals surface area contributed by atoms with Crippen LogP contribution >= 0.6 is 0 Å². The molecule has 1 aromatic heterocycles. The molecule has 4 rings (SSSR count). The maximum Gasteiger partial charge on any atom is 0.309 e. The highest BCUT2D eigenvalue weighted by Gasteiger charge is 2.34. The van der Waals surface area contributed by atoms with Gasteiger partial charge in [-0.2, -0.15) is 4.31 Å². The molecule has 0 aliphatic carbocycles. The maximum absolute atomic E-state index is 13.2. The Morgan fingerprint density at radius 2 is 1.70 bits per heavy atom. The van der Waals surface area contributed by atoms with Crippen molar-refractivity contribution in [2.45, 2.75) is 45.1 Å². The number of ether oxygens (including phenoxy) is 1. The zero-order chi connectivity index (χ0) is 23.6. The molecule has 8 heteroatoms. The fraction of sp³-hybridized carbons (Fsp3) is 0.360. The van der Waals surface area contributed by atoms with E-state index in [1.54, 1.807) is 6.07 Å². The number of hydrogen-bond acceptors (Lipinski definition) is 6. The molecule has 0 N–H and O–H groups in total. The third-order valence-electron chi connectivity index (χ3n) is 5.97. The highest BCUT2D eigenvalue weighted by molar-refractivity contribution is 7.89. The Balaban J connectivity index is 1.34. The molecule has 3 aromatic rings. The summed E-state index contributed by atoms with van der Waals surface area (Å²) in [6, 6.07) is 15.1. The molecule has 1 aliphatic heterocycles. The largest absolute Gasteiger partial charge is 0.457 e. The number of aromatic nitrogens is 1. The minimum absolute atomic E-state index is 0.00106. The lowest BCUT2D eigenvalue weighted by Gasteiger charge is -2.31. The summed E-state index contributed by atoms with van der Waals surface area (Å²) in [7, 11) is -3.61. The van der Waals surface area contributed by atoms with Crippen LogP contribution in [0.3, 0.4) is 0 Å². The van der Waals surface area contributed by atoms with Crippen LogP contribution in [-0.2, 0) is 26.2 Å². The third-order valence-corrected chi connectivity index (χ3v) is 8.18. The number of benzene rings is 2. The normalized spacial score (nSPS) is 15.5. The van der Waals surface area contributed by atoms with E-state index >= 15 is 0 Å². The number of esters is 1. The number of aryl methyl sites for hydroxylation is 3. The minimum atomic E-state index is -3.61. The van der Waals surface area contributed by atoms with Gasteiger partial charge in [0, 0.05) is 24.7 Å². The van der Waals surface area contributed by atoms with Crippen LogP contribution in [0, 0.1) is 26.7 Å². The van der Waals surface area contributed by atoms with Gasteiger partial charge in [-0.1, -0.05) is 53.2 Å². The lowest BCUT2D eigenvalue weighted by Crippen LogP contribution is -2.41. The van der Waals surface area contributed by atoms with E-state index < -0.39 is 10.0 Å². The quantitative estimate of drug-likeness (QED) is 0.498. The molecule has 2 heterocycles. The molecule has 0 saturated carbocycles. The van der Waals surface area contributed by atoms with Gasteiger partial charge >= 0.3 is 5.97 Å². The van der Waals surface area contributed by atoms with Crippen LogP contribution in [0.2, 0.25) is 0 Å².